The van der Waals surface area contributed by atoms with Gasteiger partial charge in [-0.2, -0.15) is 13.2 Å². The minimum Gasteiger partial charge on any atom is -0.342 e. The Morgan fingerprint density at radius 3 is 2.53 bits per heavy atom. The first-order valence-electron chi connectivity index (χ1n) is 5.96. The maximum Gasteiger partial charge on any atom is 0.411 e. The van der Waals surface area contributed by atoms with Crippen LogP contribution in [-0.2, 0) is 4.79 Å². The van der Waals surface area contributed by atoms with Crippen molar-refractivity contribution in [2.45, 2.75) is 50.4 Å². The van der Waals surface area contributed by atoms with E-state index in [0.29, 0.717) is 19.4 Å². The van der Waals surface area contributed by atoms with Crippen LogP contribution in [0.3, 0.4) is 0 Å². The van der Waals surface area contributed by atoms with E-state index >= 15 is 0 Å². The fourth-order valence-corrected chi connectivity index (χ4v) is 2.31. The molecule has 98 valence electrons. The van der Waals surface area contributed by atoms with Crippen molar-refractivity contribution < 1.29 is 18.0 Å². The van der Waals surface area contributed by atoms with Gasteiger partial charge in [0.2, 0.25) is 5.91 Å². The van der Waals surface area contributed by atoms with Crippen molar-refractivity contribution in [2.75, 3.05) is 6.54 Å². The van der Waals surface area contributed by atoms with Gasteiger partial charge in [-0.3, -0.25) is 4.79 Å². The van der Waals surface area contributed by atoms with Gasteiger partial charge < -0.3 is 10.6 Å². The number of piperidine rings is 1. The van der Waals surface area contributed by atoms with Crippen molar-refractivity contribution in [1.82, 2.24) is 10.6 Å². The summed E-state index contributed by atoms with van der Waals surface area (Å²) in [6.45, 7) is 2.63. The maximum absolute atomic E-state index is 12.7. The number of halogens is 3. The van der Waals surface area contributed by atoms with Crippen LogP contribution < -0.4 is 10.6 Å². The summed E-state index contributed by atoms with van der Waals surface area (Å²) in [4.78, 5) is 11.8. The molecule has 0 aromatic carbocycles. The molecule has 2 fully saturated rings. The van der Waals surface area contributed by atoms with Crippen molar-refractivity contribution in [3.63, 3.8) is 0 Å². The van der Waals surface area contributed by atoms with E-state index in [4.69, 9.17) is 0 Å². The number of amides is 1. The molecule has 0 aromatic rings. The number of carbonyl (C=O) groups is 1. The number of rotatable bonds is 2. The zero-order chi connectivity index (χ0) is 12.7. The van der Waals surface area contributed by atoms with Crippen LogP contribution in [0.5, 0.6) is 0 Å². The lowest BCUT2D eigenvalue weighted by Crippen LogP contribution is -2.51. The highest BCUT2D eigenvalue weighted by Gasteiger charge is 2.64. The van der Waals surface area contributed by atoms with E-state index < -0.39 is 17.6 Å². The lowest BCUT2D eigenvalue weighted by atomic mass is 9.92. The number of nitrogens with one attached hydrogen (secondary N) is 2. The third-order valence-corrected chi connectivity index (χ3v) is 3.65. The van der Waals surface area contributed by atoms with Crippen LogP contribution in [0.25, 0.3) is 0 Å². The summed E-state index contributed by atoms with van der Waals surface area (Å²) in [7, 11) is 0. The third kappa shape index (κ3) is 2.56. The fourth-order valence-electron chi connectivity index (χ4n) is 2.31. The van der Waals surface area contributed by atoms with Crippen LogP contribution in [0.1, 0.15) is 32.6 Å². The summed E-state index contributed by atoms with van der Waals surface area (Å²) < 4.78 is 38.0. The monoisotopic (exact) mass is 250 g/mol. The second-order valence-corrected chi connectivity index (χ2v) is 5.15. The molecule has 0 bridgehead atoms. The number of alkyl halides is 3. The number of hydrogen-bond donors (Lipinski definition) is 2. The van der Waals surface area contributed by atoms with Gasteiger partial charge in [0.15, 0.2) is 0 Å². The van der Waals surface area contributed by atoms with Crippen LogP contribution in [0.2, 0.25) is 0 Å². The molecule has 2 atom stereocenters. The van der Waals surface area contributed by atoms with Crippen LogP contribution in [0, 0.1) is 5.92 Å². The Balaban J connectivity index is 1.93. The molecule has 0 spiro atoms. The SMILES string of the molecule is CC1CC(C(=O)NC2(C(F)(F)F)CC2)CCN1. The molecule has 17 heavy (non-hydrogen) atoms. The summed E-state index contributed by atoms with van der Waals surface area (Å²) in [5, 5.41) is 5.38. The molecule has 6 heteroatoms. The molecular weight excluding hydrogens is 233 g/mol. The molecular formula is C11H17F3N2O. The highest BCUT2D eigenvalue weighted by Crippen LogP contribution is 2.49. The zero-order valence-corrected chi connectivity index (χ0v) is 9.73. The first-order valence-corrected chi connectivity index (χ1v) is 5.96. The molecule has 1 saturated carbocycles. The van der Waals surface area contributed by atoms with E-state index in [-0.39, 0.29) is 24.8 Å². The third-order valence-electron chi connectivity index (χ3n) is 3.65. The second kappa shape index (κ2) is 4.15. The van der Waals surface area contributed by atoms with Gasteiger partial charge in [-0.05, 0) is 39.2 Å². The Hall–Kier alpha value is -0.780. The molecule has 0 aromatic heterocycles. The van der Waals surface area contributed by atoms with E-state index in [0.717, 1.165) is 0 Å². The van der Waals surface area contributed by atoms with E-state index in [1.165, 1.54) is 0 Å². The molecule has 2 unspecified atom stereocenters. The molecule has 1 saturated heterocycles. The lowest BCUT2D eigenvalue weighted by Gasteiger charge is -2.29. The predicted molar refractivity (Wildman–Crippen MR) is 56.4 cm³/mol. The van der Waals surface area contributed by atoms with Crippen LogP contribution in [0.4, 0.5) is 13.2 Å². The topological polar surface area (TPSA) is 41.1 Å². The molecule has 2 N–H and O–H groups in total. The van der Waals surface area contributed by atoms with Crippen LogP contribution in [-0.4, -0.2) is 30.2 Å². The molecule has 1 heterocycles. The van der Waals surface area contributed by atoms with Gasteiger partial charge in [0.1, 0.15) is 5.54 Å². The molecule has 0 radical (unpaired) electrons. The Morgan fingerprint density at radius 1 is 1.41 bits per heavy atom. The van der Waals surface area contributed by atoms with E-state index in [2.05, 4.69) is 10.6 Å². The summed E-state index contributed by atoms with van der Waals surface area (Å²) in [5.41, 5.74) is -1.92. The fraction of sp³-hybridized carbons (Fsp3) is 0.909. The standard InChI is InChI=1S/C11H17F3N2O/c1-7-6-8(2-5-15-7)9(17)16-10(3-4-10)11(12,13)14/h7-8,15H,2-6H2,1H3,(H,16,17). The predicted octanol–water partition coefficient (Wildman–Crippen LogP) is 1.59. The van der Waals surface area contributed by atoms with Crippen LogP contribution in [0.15, 0.2) is 0 Å². The van der Waals surface area contributed by atoms with Gasteiger partial charge in [-0.25, -0.2) is 0 Å². The average molecular weight is 250 g/mol. The minimum atomic E-state index is -4.32. The number of hydrogen-bond acceptors (Lipinski definition) is 2. The van der Waals surface area contributed by atoms with Gasteiger partial charge in [-0.1, -0.05) is 0 Å². The van der Waals surface area contributed by atoms with Crippen molar-refractivity contribution in [1.29, 1.82) is 0 Å². The lowest BCUT2D eigenvalue weighted by molar-refractivity contribution is -0.171. The smallest absolute Gasteiger partial charge is 0.342 e. The quantitative estimate of drug-likeness (QED) is 0.781. The molecule has 2 aliphatic rings. The van der Waals surface area contributed by atoms with Gasteiger partial charge >= 0.3 is 6.18 Å². The van der Waals surface area contributed by atoms with Crippen molar-refractivity contribution in [3.05, 3.63) is 0 Å². The highest BCUT2D eigenvalue weighted by molar-refractivity contribution is 5.80. The molecule has 1 aliphatic heterocycles. The van der Waals surface area contributed by atoms with Crippen molar-refractivity contribution >= 4 is 5.91 Å². The highest BCUT2D eigenvalue weighted by atomic mass is 19.4. The van der Waals surface area contributed by atoms with Gasteiger partial charge in [-0.15, -0.1) is 0 Å². The van der Waals surface area contributed by atoms with Crippen molar-refractivity contribution in [2.24, 2.45) is 5.92 Å². The summed E-state index contributed by atoms with van der Waals surface area (Å²) in [5.74, 6) is -0.723. The first-order chi connectivity index (χ1) is 7.84. The average Bonchev–Trinajstić information content (AvgIpc) is 2.98. The maximum atomic E-state index is 12.7. The summed E-state index contributed by atoms with van der Waals surface area (Å²) >= 11 is 0. The summed E-state index contributed by atoms with van der Waals surface area (Å²) in [6.07, 6.45) is -3.06. The Morgan fingerprint density at radius 2 is 2.06 bits per heavy atom. The molecule has 1 aliphatic carbocycles. The van der Waals surface area contributed by atoms with Gasteiger partial charge in [0, 0.05) is 12.0 Å². The molecule has 3 nitrogen and oxygen atoms in total. The van der Waals surface area contributed by atoms with E-state index in [1.54, 1.807) is 0 Å². The molecule has 1 amide bonds. The zero-order valence-electron chi connectivity index (χ0n) is 9.73. The second-order valence-electron chi connectivity index (χ2n) is 5.15. The largest absolute Gasteiger partial charge is 0.411 e. The Bertz CT molecular complexity index is 312. The Kier molecular flexibility index (Phi) is 3.10. The molecule has 2 rings (SSSR count). The van der Waals surface area contributed by atoms with Crippen LogP contribution >= 0.6 is 0 Å². The van der Waals surface area contributed by atoms with Gasteiger partial charge in [0.05, 0.1) is 0 Å². The van der Waals surface area contributed by atoms with E-state index in [9.17, 15) is 18.0 Å². The summed E-state index contributed by atoms with van der Waals surface area (Å²) in [6, 6.07) is 0.195. The Labute approximate surface area is 98.1 Å². The normalized spacial score (nSPS) is 32.0. The van der Waals surface area contributed by atoms with E-state index in [1.807, 2.05) is 6.92 Å². The number of carbonyl (C=O) groups excluding carboxylic acids is 1. The minimum absolute atomic E-state index is 0.0166. The van der Waals surface area contributed by atoms with Gasteiger partial charge in [0.25, 0.3) is 0 Å². The first kappa shape index (κ1) is 12.7. The van der Waals surface area contributed by atoms with Crippen molar-refractivity contribution in [3.8, 4) is 0 Å².